The molecule has 0 aromatic heterocycles. The second kappa shape index (κ2) is 9.03. The van der Waals surface area contributed by atoms with Crippen LogP contribution < -0.4 is 9.88 Å². The maximum Gasteiger partial charge on any atom is 0.246 e. The van der Waals surface area contributed by atoms with Crippen LogP contribution in [0.25, 0.3) is 6.08 Å². The van der Waals surface area contributed by atoms with Gasteiger partial charge in [-0.15, -0.1) is 0 Å². The van der Waals surface area contributed by atoms with Crippen molar-refractivity contribution in [3.63, 3.8) is 0 Å². The smallest absolute Gasteiger partial charge is 0.246 e. The van der Waals surface area contributed by atoms with E-state index in [1.807, 2.05) is 45.0 Å². The van der Waals surface area contributed by atoms with Crippen LogP contribution in [0.2, 0.25) is 0 Å². The van der Waals surface area contributed by atoms with E-state index >= 15 is 0 Å². The van der Waals surface area contributed by atoms with Gasteiger partial charge in [0.2, 0.25) is 15.9 Å². The summed E-state index contributed by atoms with van der Waals surface area (Å²) in [4.78, 5) is 14.1. The monoisotopic (exact) mass is 402 g/mol. The Morgan fingerprint density at radius 2 is 1.79 bits per heavy atom. The maximum absolute atomic E-state index is 12.5. The number of carbonyl (C=O) groups excluding carboxylic acids is 1. The molecular formula is C21H26N2O4S. The standard InChI is InChI=1S/C21H26N2O4S/c1-15(2)27-19-9-5-7-17(13-19)11-12-21(24)23(4)16(3)18-8-6-10-20(14-18)28(22,25)26/h5-16H,1-4H3,(H2,22,25,26). The summed E-state index contributed by atoms with van der Waals surface area (Å²) in [5.41, 5.74) is 1.53. The predicted molar refractivity (Wildman–Crippen MR) is 110 cm³/mol. The van der Waals surface area contributed by atoms with Gasteiger partial charge in [-0.3, -0.25) is 4.79 Å². The molecule has 6 nitrogen and oxygen atoms in total. The third-order valence-electron chi connectivity index (χ3n) is 4.25. The average Bonchev–Trinajstić information content (AvgIpc) is 2.64. The number of carbonyl (C=O) groups is 1. The van der Waals surface area contributed by atoms with Gasteiger partial charge in [-0.05, 0) is 62.2 Å². The van der Waals surface area contributed by atoms with Gasteiger partial charge in [-0.1, -0.05) is 24.3 Å². The minimum Gasteiger partial charge on any atom is -0.491 e. The predicted octanol–water partition coefficient (Wildman–Crippen LogP) is 3.35. The van der Waals surface area contributed by atoms with Crippen LogP contribution in [-0.2, 0) is 14.8 Å². The molecule has 0 saturated carbocycles. The quantitative estimate of drug-likeness (QED) is 0.719. The molecule has 0 radical (unpaired) electrons. The Balaban J connectivity index is 2.13. The number of likely N-dealkylation sites (N-methyl/N-ethyl adjacent to an activating group) is 1. The van der Waals surface area contributed by atoms with Crippen molar-refractivity contribution in [3.05, 3.63) is 65.7 Å². The summed E-state index contributed by atoms with van der Waals surface area (Å²) in [6.45, 7) is 5.73. The minimum absolute atomic E-state index is 0.0233. The lowest BCUT2D eigenvalue weighted by molar-refractivity contribution is -0.126. The molecule has 0 aliphatic heterocycles. The van der Waals surface area contributed by atoms with Gasteiger partial charge in [0.15, 0.2) is 0 Å². The maximum atomic E-state index is 12.5. The number of nitrogens with two attached hydrogens (primary N) is 1. The molecule has 2 aromatic carbocycles. The van der Waals surface area contributed by atoms with Crippen LogP contribution in [0.3, 0.4) is 0 Å². The zero-order valence-corrected chi connectivity index (χ0v) is 17.3. The lowest BCUT2D eigenvalue weighted by Gasteiger charge is -2.24. The molecule has 2 aromatic rings. The topological polar surface area (TPSA) is 89.7 Å². The summed E-state index contributed by atoms with van der Waals surface area (Å²) < 4.78 is 28.7. The zero-order chi connectivity index (χ0) is 20.9. The van der Waals surface area contributed by atoms with Gasteiger partial charge >= 0.3 is 0 Å². The Labute approximate surface area is 166 Å². The molecule has 2 N–H and O–H groups in total. The van der Waals surface area contributed by atoms with Crippen LogP contribution in [0, 0.1) is 0 Å². The molecular weight excluding hydrogens is 376 g/mol. The number of nitrogens with zero attached hydrogens (tertiary/aromatic N) is 1. The van der Waals surface area contributed by atoms with E-state index < -0.39 is 10.0 Å². The van der Waals surface area contributed by atoms with Gasteiger partial charge in [0, 0.05) is 13.1 Å². The number of sulfonamides is 1. The first-order valence-electron chi connectivity index (χ1n) is 8.92. The number of rotatable bonds is 7. The van der Waals surface area contributed by atoms with Crippen LogP contribution in [-0.4, -0.2) is 32.4 Å². The summed E-state index contributed by atoms with van der Waals surface area (Å²) in [6, 6.07) is 13.5. The Hall–Kier alpha value is -2.64. The van der Waals surface area contributed by atoms with Gasteiger partial charge in [0.05, 0.1) is 17.0 Å². The molecule has 1 amide bonds. The first kappa shape index (κ1) is 21.7. The van der Waals surface area contributed by atoms with Gasteiger partial charge < -0.3 is 9.64 Å². The number of benzene rings is 2. The molecule has 2 rings (SSSR count). The SMILES string of the molecule is CC(C)Oc1cccc(C=CC(=O)N(C)C(C)c2cccc(S(N)(=O)=O)c2)c1. The van der Waals surface area contributed by atoms with Crippen molar-refractivity contribution in [3.8, 4) is 5.75 Å². The largest absolute Gasteiger partial charge is 0.491 e. The van der Waals surface area contributed by atoms with Crippen molar-refractivity contribution < 1.29 is 17.9 Å². The minimum atomic E-state index is -3.79. The molecule has 0 aliphatic carbocycles. The van der Waals surface area contributed by atoms with Gasteiger partial charge in [0.25, 0.3) is 0 Å². The molecule has 0 bridgehead atoms. The molecule has 0 fully saturated rings. The number of amides is 1. The second-order valence-corrected chi connectivity index (χ2v) is 8.38. The molecule has 0 aliphatic rings. The number of hydrogen-bond donors (Lipinski definition) is 1. The van der Waals surface area contributed by atoms with Crippen LogP contribution in [0.1, 0.15) is 37.9 Å². The lowest BCUT2D eigenvalue weighted by Crippen LogP contribution is -2.28. The van der Waals surface area contributed by atoms with E-state index in [4.69, 9.17) is 9.88 Å². The van der Waals surface area contributed by atoms with Gasteiger partial charge in [-0.25, -0.2) is 13.6 Å². The van der Waals surface area contributed by atoms with Crippen molar-refractivity contribution in [1.82, 2.24) is 4.90 Å². The second-order valence-electron chi connectivity index (χ2n) is 6.82. The van der Waals surface area contributed by atoms with Gasteiger partial charge in [-0.2, -0.15) is 0 Å². The molecule has 0 saturated heterocycles. The van der Waals surface area contributed by atoms with Crippen LogP contribution in [0.15, 0.2) is 59.5 Å². The summed E-state index contributed by atoms with van der Waals surface area (Å²) in [5, 5.41) is 5.19. The van der Waals surface area contributed by atoms with Crippen LogP contribution in [0.5, 0.6) is 5.75 Å². The first-order valence-corrected chi connectivity index (χ1v) is 10.5. The van der Waals surface area contributed by atoms with E-state index in [9.17, 15) is 13.2 Å². The Bertz CT molecular complexity index is 968. The fourth-order valence-corrected chi connectivity index (χ4v) is 3.18. The highest BCUT2D eigenvalue weighted by Gasteiger charge is 2.17. The summed E-state index contributed by atoms with van der Waals surface area (Å²) in [5.74, 6) is 0.537. The van der Waals surface area contributed by atoms with Crippen molar-refractivity contribution in [2.75, 3.05) is 7.05 Å². The van der Waals surface area contributed by atoms with Crippen LogP contribution in [0.4, 0.5) is 0 Å². The number of primary sulfonamides is 1. The fraction of sp³-hybridized carbons (Fsp3) is 0.286. The van der Waals surface area contributed by atoms with E-state index in [0.717, 1.165) is 11.3 Å². The third-order valence-corrected chi connectivity index (χ3v) is 5.16. The van der Waals surface area contributed by atoms with E-state index in [1.54, 1.807) is 25.3 Å². The van der Waals surface area contributed by atoms with Crippen molar-refractivity contribution in [1.29, 1.82) is 0 Å². The van der Waals surface area contributed by atoms with Crippen molar-refractivity contribution in [2.45, 2.75) is 37.8 Å². The van der Waals surface area contributed by atoms with E-state index in [1.165, 1.54) is 23.1 Å². The molecule has 7 heteroatoms. The Morgan fingerprint density at radius 3 is 2.43 bits per heavy atom. The number of ether oxygens (including phenoxy) is 1. The normalized spacial score (nSPS) is 12.9. The number of hydrogen-bond acceptors (Lipinski definition) is 4. The molecule has 1 atom stereocenters. The summed E-state index contributed by atoms with van der Waals surface area (Å²) in [6.07, 6.45) is 3.27. The molecule has 0 spiro atoms. The molecule has 150 valence electrons. The molecule has 1 unspecified atom stereocenters. The average molecular weight is 403 g/mol. The van der Waals surface area contributed by atoms with E-state index in [0.29, 0.717) is 5.56 Å². The summed E-state index contributed by atoms with van der Waals surface area (Å²) in [7, 11) is -2.13. The fourth-order valence-electron chi connectivity index (χ4n) is 2.61. The molecule has 0 heterocycles. The van der Waals surface area contributed by atoms with Crippen molar-refractivity contribution >= 4 is 22.0 Å². The Morgan fingerprint density at radius 1 is 1.11 bits per heavy atom. The Kier molecular flexibility index (Phi) is 6.99. The first-order chi connectivity index (χ1) is 13.1. The van der Waals surface area contributed by atoms with Gasteiger partial charge in [0.1, 0.15) is 5.75 Å². The highest BCUT2D eigenvalue weighted by molar-refractivity contribution is 7.89. The highest BCUT2D eigenvalue weighted by Crippen LogP contribution is 2.22. The lowest BCUT2D eigenvalue weighted by atomic mass is 10.1. The van der Waals surface area contributed by atoms with Crippen molar-refractivity contribution in [2.24, 2.45) is 5.14 Å². The molecule has 28 heavy (non-hydrogen) atoms. The van der Waals surface area contributed by atoms with Crippen LogP contribution >= 0.6 is 0 Å². The highest BCUT2D eigenvalue weighted by atomic mass is 32.2. The van der Waals surface area contributed by atoms with E-state index in [2.05, 4.69) is 0 Å². The summed E-state index contributed by atoms with van der Waals surface area (Å²) >= 11 is 0. The zero-order valence-electron chi connectivity index (χ0n) is 16.5. The third kappa shape index (κ3) is 5.94. The van der Waals surface area contributed by atoms with E-state index in [-0.39, 0.29) is 22.9 Å².